The molecule has 1 aliphatic carbocycles. The quantitative estimate of drug-likeness (QED) is 0.627. The highest BCUT2D eigenvalue weighted by Gasteiger charge is 2.42. The van der Waals surface area contributed by atoms with Crippen LogP contribution in [-0.4, -0.2) is 49.5 Å². The molecule has 2 aliphatic rings. The summed E-state index contributed by atoms with van der Waals surface area (Å²) in [6.07, 6.45) is 3.96. The van der Waals surface area contributed by atoms with E-state index < -0.39 is 16.1 Å². The van der Waals surface area contributed by atoms with Crippen LogP contribution in [0.2, 0.25) is 0 Å². The van der Waals surface area contributed by atoms with Crippen LogP contribution in [0.4, 0.5) is 0 Å². The molecule has 0 aromatic heterocycles. The van der Waals surface area contributed by atoms with Gasteiger partial charge in [0.25, 0.3) is 0 Å². The highest BCUT2D eigenvalue weighted by Crippen LogP contribution is 2.27. The van der Waals surface area contributed by atoms with Gasteiger partial charge in [0.05, 0.1) is 18.2 Å². The first-order chi connectivity index (χ1) is 8.88. The van der Waals surface area contributed by atoms with Gasteiger partial charge >= 0.3 is 0 Å². The summed E-state index contributed by atoms with van der Waals surface area (Å²) in [7, 11) is -3.55. The van der Waals surface area contributed by atoms with Crippen LogP contribution >= 0.6 is 0 Å². The van der Waals surface area contributed by atoms with E-state index in [0.29, 0.717) is 0 Å². The second kappa shape index (κ2) is 5.56. The Labute approximate surface area is 112 Å². The Kier molecular flexibility index (Phi) is 4.22. The predicted molar refractivity (Wildman–Crippen MR) is 68.5 cm³/mol. The van der Waals surface area contributed by atoms with Crippen molar-refractivity contribution in [2.24, 2.45) is 5.14 Å². The molecule has 1 aliphatic heterocycles. The molecule has 1 saturated heterocycles. The van der Waals surface area contributed by atoms with Crippen molar-refractivity contribution in [2.45, 2.75) is 44.2 Å². The molecule has 1 heterocycles. The van der Waals surface area contributed by atoms with Crippen molar-refractivity contribution in [1.82, 2.24) is 10.2 Å². The van der Waals surface area contributed by atoms with Gasteiger partial charge < -0.3 is 5.32 Å². The molecule has 1 saturated carbocycles. The second-order valence-corrected chi connectivity index (χ2v) is 6.85. The van der Waals surface area contributed by atoms with Gasteiger partial charge in [-0.2, -0.15) is 0 Å². The molecule has 0 spiro atoms. The van der Waals surface area contributed by atoms with Crippen LogP contribution in [-0.2, 0) is 19.6 Å². The number of nitrogens with zero attached hydrogens (tertiary/aromatic N) is 1. The number of rotatable bonds is 5. The van der Waals surface area contributed by atoms with Crippen molar-refractivity contribution in [3.05, 3.63) is 0 Å². The lowest BCUT2D eigenvalue weighted by atomic mass is 10.2. The van der Waals surface area contributed by atoms with Crippen LogP contribution in [0.3, 0.4) is 0 Å². The minimum atomic E-state index is -3.55. The van der Waals surface area contributed by atoms with Crippen LogP contribution in [0.1, 0.15) is 32.1 Å². The number of primary sulfonamides is 1. The Bertz CT molecular complexity index is 470. The Morgan fingerprint density at radius 2 is 1.89 bits per heavy atom. The molecule has 0 aromatic rings. The average Bonchev–Trinajstić information content (AvgIpc) is 2.87. The molecule has 1 unspecified atom stereocenters. The third-order valence-corrected chi connectivity index (χ3v) is 4.42. The van der Waals surface area contributed by atoms with Crippen LogP contribution < -0.4 is 10.5 Å². The molecule has 8 heteroatoms. The van der Waals surface area contributed by atoms with E-state index in [1.165, 1.54) is 4.90 Å². The van der Waals surface area contributed by atoms with Gasteiger partial charge in [-0.3, -0.25) is 14.5 Å². The lowest BCUT2D eigenvalue weighted by Crippen LogP contribution is -2.44. The van der Waals surface area contributed by atoms with Crippen molar-refractivity contribution in [3.8, 4) is 0 Å². The van der Waals surface area contributed by atoms with E-state index in [0.717, 1.165) is 25.7 Å². The van der Waals surface area contributed by atoms with E-state index >= 15 is 0 Å². The summed E-state index contributed by atoms with van der Waals surface area (Å²) < 4.78 is 21.6. The molecule has 19 heavy (non-hydrogen) atoms. The highest BCUT2D eigenvalue weighted by molar-refractivity contribution is 7.89. The SMILES string of the molecule is NS(=O)(=O)CCNC1CC(=O)N(C2CCCC2)C1=O. The first-order valence-electron chi connectivity index (χ1n) is 6.48. The number of carbonyl (C=O) groups excluding carboxylic acids is 2. The topological polar surface area (TPSA) is 110 Å². The number of amides is 2. The summed E-state index contributed by atoms with van der Waals surface area (Å²) in [5.41, 5.74) is 0. The third-order valence-electron chi connectivity index (χ3n) is 3.65. The van der Waals surface area contributed by atoms with Crippen molar-refractivity contribution in [2.75, 3.05) is 12.3 Å². The zero-order valence-electron chi connectivity index (χ0n) is 10.7. The van der Waals surface area contributed by atoms with E-state index in [1.54, 1.807) is 0 Å². The van der Waals surface area contributed by atoms with Crippen LogP contribution in [0.5, 0.6) is 0 Å². The minimum Gasteiger partial charge on any atom is -0.304 e. The molecule has 108 valence electrons. The first-order valence-corrected chi connectivity index (χ1v) is 8.20. The number of nitrogens with one attached hydrogen (secondary N) is 1. The lowest BCUT2D eigenvalue weighted by molar-refractivity contribution is -0.141. The predicted octanol–water partition coefficient (Wildman–Crippen LogP) is -1.07. The maximum absolute atomic E-state index is 12.1. The van der Waals surface area contributed by atoms with E-state index in [9.17, 15) is 18.0 Å². The van der Waals surface area contributed by atoms with Gasteiger partial charge in [0.1, 0.15) is 0 Å². The van der Waals surface area contributed by atoms with Gasteiger partial charge in [-0.05, 0) is 12.8 Å². The summed E-state index contributed by atoms with van der Waals surface area (Å²) in [4.78, 5) is 25.3. The van der Waals surface area contributed by atoms with E-state index in [1.807, 2.05) is 0 Å². The number of hydrogen-bond acceptors (Lipinski definition) is 5. The fourth-order valence-electron chi connectivity index (χ4n) is 2.73. The molecular formula is C11H19N3O4S. The summed E-state index contributed by atoms with van der Waals surface area (Å²) >= 11 is 0. The fourth-order valence-corrected chi connectivity index (χ4v) is 3.13. The summed E-state index contributed by atoms with van der Waals surface area (Å²) in [5, 5.41) is 7.68. The zero-order valence-corrected chi connectivity index (χ0v) is 11.5. The van der Waals surface area contributed by atoms with Gasteiger partial charge in [0.15, 0.2) is 0 Å². The minimum absolute atomic E-state index is 0.0324. The number of sulfonamides is 1. The number of nitrogens with two attached hydrogens (primary N) is 1. The molecule has 0 radical (unpaired) electrons. The van der Waals surface area contributed by atoms with Crippen LogP contribution in [0.25, 0.3) is 0 Å². The molecule has 7 nitrogen and oxygen atoms in total. The normalized spacial score (nSPS) is 25.5. The van der Waals surface area contributed by atoms with E-state index in [2.05, 4.69) is 5.32 Å². The Balaban J connectivity index is 1.90. The van der Waals surface area contributed by atoms with Crippen LogP contribution in [0.15, 0.2) is 0 Å². The molecule has 3 N–H and O–H groups in total. The van der Waals surface area contributed by atoms with Gasteiger partial charge in [0.2, 0.25) is 21.8 Å². The van der Waals surface area contributed by atoms with Gasteiger partial charge in [-0.1, -0.05) is 12.8 Å². The molecule has 1 atom stereocenters. The van der Waals surface area contributed by atoms with Crippen molar-refractivity contribution < 1.29 is 18.0 Å². The molecule has 2 rings (SSSR count). The van der Waals surface area contributed by atoms with Gasteiger partial charge in [-0.15, -0.1) is 0 Å². The zero-order chi connectivity index (χ0) is 14.0. The Morgan fingerprint density at radius 1 is 1.26 bits per heavy atom. The lowest BCUT2D eigenvalue weighted by Gasteiger charge is -2.22. The van der Waals surface area contributed by atoms with Gasteiger partial charge in [-0.25, -0.2) is 13.6 Å². The summed E-state index contributed by atoms with van der Waals surface area (Å²) in [6.45, 7) is 0.0844. The molecule has 2 fully saturated rings. The second-order valence-electron chi connectivity index (χ2n) is 5.12. The summed E-state index contributed by atoms with van der Waals surface area (Å²) in [5.74, 6) is -0.634. The number of hydrogen-bond donors (Lipinski definition) is 2. The molecular weight excluding hydrogens is 270 g/mol. The van der Waals surface area contributed by atoms with E-state index in [-0.39, 0.29) is 36.6 Å². The van der Waals surface area contributed by atoms with E-state index in [4.69, 9.17) is 5.14 Å². The maximum atomic E-state index is 12.1. The van der Waals surface area contributed by atoms with Crippen molar-refractivity contribution >= 4 is 21.8 Å². The van der Waals surface area contributed by atoms with Crippen LogP contribution in [0, 0.1) is 0 Å². The molecule has 2 amide bonds. The largest absolute Gasteiger partial charge is 0.304 e. The standard InChI is InChI=1S/C11H19N3O4S/c12-19(17,18)6-5-13-9-7-10(15)14(11(9)16)8-3-1-2-4-8/h8-9,13H,1-7H2,(H2,12,17,18). The smallest absolute Gasteiger partial charge is 0.247 e. The third kappa shape index (κ3) is 3.52. The maximum Gasteiger partial charge on any atom is 0.247 e. The fraction of sp³-hybridized carbons (Fsp3) is 0.818. The first kappa shape index (κ1) is 14.4. The molecule has 0 aromatic carbocycles. The monoisotopic (exact) mass is 289 g/mol. The Morgan fingerprint density at radius 3 is 2.47 bits per heavy atom. The van der Waals surface area contributed by atoms with Gasteiger partial charge in [0, 0.05) is 12.6 Å². The number of carbonyl (C=O) groups is 2. The highest BCUT2D eigenvalue weighted by atomic mass is 32.2. The van der Waals surface area contributed by atoms with Crippen molar-refractivity contribution in [3.63, 3.8) is 0 Å². The number of imide groups is 1. The van der Waals surface area contributed by atoms with Crippen molar-refractivity contribution in [1.29, 1.82) is 0 Å². The molecule has 0 bridgehead atoms. The number of likely N-dealkylation sites (tertiary alicyclic amines) is 1. The average molecular weight is 289 g/mol. The Hall–Kier alpha value is -0.990. The summed E-state index contributed by atoms with van der Waals surface area (Å²) in [6, 6.07) is -0.570.